The molecule has 0 aromatic carbocycles. The summed E-state index contributed by atoms with van der Waals surface area (Å²) in [7, 11) is 0. The minimum atomic E-state index is -0.935. The Morgan fingerprint density at radius 3 is 1.92 bits per heavy atom. The lowest BCUT2D eigenvalue weighted by Gasteiger charge is -2.26. The lowest BCUT2D eigenvalue weighted by atomic mass is 9.93. The van der Waals surface area contributed by atoms with Crippen LogP contribution in [-0.4, -0.2) is 54.9 Å². The third kappa shape index (κ3) is 3.46. The molecule has 0 amide bonds. The van der Waals surface area contributed by atoms with Gasteiger partial charge in [-0.3, -0.25) is 0 Å². The number of hydrogen-bond acceptors (Lipinski definition) is 5. The van der Waals surface area contributed by atoms with Gasteiger partial charge in [0.15, 0.2) is 0 Å². The van der Waals surface area contributed by atoms with Crippen LogP contribution in [0.25, 0.3) is 0 Å². The van der Waals surface area contributed by atoms with E-state index >= 15 is 0 Å². The maximum Gasteiger partial charge on any atom is 0.0629 e. The quantitative estimate of drug-likeness (QED) is 0.337. The van der Waals surface area contributed by atoms with Crippen molar-refractivity contribution in [3.8, 4) is 0 Å². The Bertz CT molecular complexity index is 97.3. The van der Waals surface area contributed by atoms with E-state index in [-0.39, 0.29) is 26.4 Å². The number of rotatable bonds is 7. The van der Waals surface area contributed by atoms with Crippen LogP contribution in [0.3, 0.4) is 0 Å². The average molecular weight is 179 g/mol. The minimum Gasteiger partial charge on any atom is -0.396 e. The van der Waals surface area contributed by atoms with E-state index in [1.807, 2.05) is 0 Å². The number of ether oxygens (including phenoxy) is 1. The van der Waals surface area contributed by atoms with Gasteiger partial charge in [0.05, 0.1) is 38.4 Å². The van der Waals surface area contributed by atoms with Crippen LogP contribution in [0.4, 0.5) is 0 Å². The average Bonchev–Trinajstić information content (AvgIpc) is 2.14. The summed E-state index contributed by atoms with van der Waals surface area (Å²) in [6, 6.07) is 0. The van der Waals surface area contributed by atoms with E-state index in [4.69, 9.17) is 25.8 Å². The summed E-state index contributed by atoms with van der Waals surface area (Å²) in [5, 5.41) is 26.5. The predicted octanol–water partition coefficient (Wildman–Crippen LogP) is -2.07. The highest BCUT2D eigenvalue weighted by Crippen LogP contribution is 2.14. The second-order valence-electron chi connectivity index (χ2n) is 2.82. The van der Waals surface area contributed by atoms with E-state index in [0.717, 1.165) is 0 Å². The zero-order chi connectivity index (χ0) is 9.45. The lowest BCUT2D eigenvalue weighted by molar-refractivity contribution is -0.0561. The summed E-state index contributed by atoms with van der Waals surface area (Å²) in [4.78, 5) is 0. The molecule has 5 nitrogen and oxygen atoms in total. The van der Waals surface area contributed by atoms with Crippen LogP contribution in [0, 0.1) is 5.41 Å². The fourth-order valence-electron chi connectivity index (χ4n) is 0.659. The minimum absolute atomic E-state index is 0.119. The highest BCUT2D eigenvalue weighted by molar-refractivity contribution is 4.76. The molecule has 0 heterocycles. The lowest BCUT2D eigenvalue weighted by Crippen LogP contribution is -2.39. The van der Waals surface area contributed by atoms with E-state index < -0.39 is 5.41 Å². The van der Waals surface area contributed by atoms with Crippen LogP contribution in [0.2, 0.25) is 0 Å². The summed E-state index contributed by atoms with van der Waals surface area (Å²) in [5.74, 6) is 0. The Labute approximate surface area is 71.8 Å². The zero-order valence-electron chi connectivity index (χ0n) is 7.07. The van der Waals surface area contributed by atoms with Crippen LogP contribution < -0.4 is 5.73 Å². The molecular weight excluding hydrogens is 162 g/mol. The van der Waals surface area contributed by atoms with Gasteiger partial charge in [-0.2, -0.15) is 0 Å². The number of nitrogens with two attached hydrogens (primary N) is 1. The number of aliphatic hydroxyl groups is 3. The molecule has 0 aromatic heterocycles. The SMILES string of the molecule is NCCOCC(CO)(CO)CO. The molecule has 5 N–H and O–H groups in total. The zero-order valence-corrected chi connectivity index (χ0v) is 7.07. The van der Waals surface area contributed by atoms with Crippen LogP contribution in [0.5, 0.6) is 0 Å². The highest BCUT2D eigenvalue weighted by atomic mass is 16.5. The Hall–Kier alpha value is -0.200. The molecule has 0 spiro atoms. The van der Waals surface area contributed by atoms with E-state index in [0.29, 0.717) is 13.2 Å². The normalized spacial score (nSPS) is 12.0. The van der Waals surface area contributed by atoms with E-state index in [9.17, 15) is 0 Å². The standard InChI is InChI=1S/C7H17NO4/c8-1-2-12-6-7(3-9,4-10)5-11/h9-11H,1-6,8H2. The monoisotopic (exact) mass is 179 g/mol. The Morgan fingerprint density at radius 2 is 1.58 bits per heavy atom. The fraction of sp³-hybridized carbons (Fsp3) is 1.00. The van der Waals surface area contributed by atoms with Crippen molar-refractivity contribution in [3.05, 3.63) is 0 Å². The molecule has 0 saturated carbocycles. The molecule has 0 unspecified atom stereocenters. The molecule has 0 aliphatic carbocycles. The van der Waals surface area contributed by atoms with Gasteiger partial charge in [0, 0.05) is 6.54 Å². The summed E-state index contributed by atoms with van der Waals surface area (Å²) >= 11 is 0. The molecule has 5 heteroatoms. The maximum absolute atomic E-state index is 8.84. The van der Waals surface area contributed by atoms with Crippen molar-refractivity contribution in [2.24, 2.45) is 11.1 Å². The highest BCUT2D eigenvalue weighted by Gasteiger charge is 2.28. The van der Waals surface area contributed by atoms with Gasteiger partial charge in [-0.15, -0.1) is 0 Å². The third-order valence-electron chi connectivity index (χ3n) is 1.68. The van der Waals surface area contributed by atoms with Gasteiger partial charge in [-0.25, -0.2) is 0 Å². The van der Waals surface area contributed by atoms with Crippen molar-refractivity contribution in [1.29, 1.82) is 0 Å². The molecule has 0 saturated heterocycles. The van der Waals surface area contributed by atoms with Crippen molar-refractivity contribution >= 4 is 0 Å². The van der Waals surface area contributed by atoms with Crippen LogP contribution in [-0.2, 0) is 4.74 Å². The molecule has 0 atom stereocenters. The first-order valence-electron chi connectivity index (χ1n) is 3.85. The maximum atomic E-state index is 8.84. The van der Waals surface area contributed by atoms with E-state index in [2.05, 4.69) is 0 Å². The first-order valence-corrected chi connectivity index (χ1v) is 3.85. The first kappa shape index (κ1) is 11.8. The van der Waals surface area contributed by atoms with Crippen molar-refractivity contribution in [2.75, 3.05) is 39.6 Å². The van der Waals surface area contributed by atoms with Gasteiger partial charge in [-0.1, -0.05) is 0 Å². The van der Waals surface area contributed by atoms with Crippen molar-refractivity contribution in [3.63, 3.8) is 0 Å². The molecule has 0 aromatic rings. The van der Waals surface area contributed by atoms with E-state index in [1.54, 1.807) is 0 Å². The molecule has 0 fully saturated rings. The summed E-state index contributed by atoms with van der Waals surface area (Å²) in [6.45, 7) is -0.0342. The van der Waals surface area contributed by atoms with Gasteiger partial charge in [0.25, 0.3) is 0 Å². The molecule has 12 heavy (non-hydrogen) atoms. The van der Waals surface area contributed by atoms with Gasteiger partial charge < -0.3 is 25.8 Å². The Kier molecular flexibility index (Phi) is 6.23. The molecule has 0 rings (SSSR count). The van der Waals surface area contributed by atoms with Crippen LogP contribution >= 0.6 is 0 Å². The fourth-order valence-corrected chi connectivity index (χ4v) is 0.659. The van der Waals surface area contributed by atoms with Gasteiger partial charge in [0.2, 0.25) is 0 Å². The van der Waals surface area contributed by atoms with Crippen LogP contribution in [0.1, 0.15) is 0 Å². The molecule has 74 valence electrons. The largest absolute Gasteiger partial charge is 0.396 e. The summed E-state index contributed by atoms with van der Waals surface area (Å²) in [6.07, 6.45) is 0. The topological polar surface area (TPSA) is 95.9 Å². The molecule has 0 aliphatic rings. The van der Waals surface area contributed by atoms with Crippen molar-refractivity contribution < 1.29 is 20.1 Å². The van der Waals surface area contributed by atoms with Gasteiger partial charge in [-0.05, 0) is 0 Å². The van der Waals surface area contributed by atoms with Gasteiger partial charge in [0.1, 0.15) is 0 Å². The van der Waals surface area contributed by atoms with Gasteiger partial charge >= 0.3 is 0 Å². The number of hydrogen-bond donors (Lipinski definition) is 4. The smallest absolute Gasteiger partial charge is 0.0629 e. The van der Waals surface area contributed by atoms with Crippen LogP contribution in [0.15, 0.2) is 0 Å². The first-order chi connectivity index (χ1) is 5.74. The number of aliphatic hydroxyl groups excluding tert-OH is 3. The van der Waals surface area contributed by atoms with Crippen molar-refractivity contribution in [1.82, 2.24) is 0 Å². The second kappa shape index (κ2) is 6.33. The third-order valence-corrected chi connectivity index (χ3v) is 1.68. The molecule has 0 aliphatic heterocycles. The van der Waals surface area contributed by atoms with Crippen molar-refractivity contribution in [2.45, 2.75) is 0 Å². The second-order valence-corrected chi connectivity index (χ2v) is 2.82. The molecular formula is C7H17NO4. The Balaban J connectivity index is 3.76. The Morgan fingerprint density at radius 1 is 1.08 bits per heavy atom. The molecule has 0 bridgehead atoms. The van der Waals surface area contributed by atoms with E-state index in [1.165, 1.54) is 0 Å². The molecule has 0 radical (unpaired) electrons. The predicted molar refractivity (Wildman–Crippen MR) is 43.6 cm³/mol. The summed E-state index contributed by atoms with van der Waals surface area (Å²) < 4.78 is 5.02. The summed E-state index contributed by atoms with van der Waals surface area (Å²) in [5.41, 5.74) is 4.23.